The number of nitrogens with one attached hydrogen (secondary N) is 2. The molecule has 2 saturated heterocycles. The van der Waals surface area contributed by atoms with E-state index in [1.54, 1.807) is 0 Å². The first-order valence-electron chi connectivity index (χ1n) is 7.68. The highest BCUT2D eigenvalue weighted by Crippen LogP contribution is 2.37. The number of amides is 2. The molecule has 2 heterocycles. The molecule has 2 fully saturated rings. The number of hydrogen-bond acceptors (Lipinski definition) is 4. The van der Waals surface area contributed by atoms with Gasteiger partial charge in [0.2, 0.25) is 11.8 Å². The summed E-state index contributed by atoms with van der Waals surface area (Å²) < 4.78 is 5.97. The first-order valence-corrected chi connectivity index (χ1v) is 8.09. The molecule has 0 saturated carbocycles. The minimum atomic E-state index is -0.392. The van der Waals surface area contributed by atoms with Crippen molar-refractivity contribution in [3.63, 3.8) is 0 Å². The van der Waals surface area contributed by atoms with Crippen LogP contribution in [0.4, 0.5) is 0 Å². The summed E-state index contributed by atoms with van der Waals surface area (Å²) in [4.78, 5) is 25.5. The molecule has 0 aromatic carbocycles. The van der Waals surface area contributed by atoms with Crippen LogP contribution in [0.2, 0.25) is 0 Å². The van der Waals surface area contributed by atoms with Gasteiger partial charge in [0.15, 0.2) is 5.11 Å². The summed E-state index contributed by atoms with van der Waals surface area (Å²) in [7, 11) is 0. The number of carbonyl (C=O) groups excluding carboxylic acids is 2. The molecule has 0 radical (unpaired) electrons. The molecule has 2 amide bonds. The molecule has 0 unspecified atom stereocenters. The van der Waals surface area contributed by atoms with Gasteiger partial charge in [0.05, 0.1) is 17.2 Å². The van der Waals surface area contributed by atoms with Gasteiger partial charge in [-0.15, -0.1) is 0 Å². The fourth-order valence-corrected chi connectivity index (χ4v) is 3.41. The third-order valence-electron chi connectivity index (χ3n) is 4.13. The number of hydrogen-bond donors (Lipinski definition) is 2. The lowest BCUT2D eigenvalue weighted by Gasteiger charge is -2.29. The van der Waals surface area contributed by atoms with Crippen molar-refractivity contribution in [1.29, 1.82) is 0 Å². The summed E-state index contributed by atoms with van der Waals surface area (Å²) in [6, 6.07) is -0.0304. The Hall–Kier alpha value is -1.21. The fourth-order valence-electron chi connectivity index (χ4n) is 3.11. The number of ether oxygens (including phenoxy) is 1. The molecule has 2 aliphatic rings. The van der Waals surface area contributed by atoms with Crippen molar-refractivity contribution >= 4 is 29.1 Å². The third-order valence-corrected chi connectivity index (χ3v) is 4.50. The van der Waals surface area contributed by atoms with E-state index in [9.17, 15) is 9.59 Å². The van der Waals surface area contributed by atoms with E-state index in [1.807, 2.05) is 27.7 Å². The van der Waals surface area contributed by atoms with Crippen molar-refractivity contribution in [3.05, 3.63) is 0 Å². The van der Waals surface area contributed by atoms with Gasteiger partial charge in [-0.3, -0.25) is 14.5 Å². The molecule has 2 N–H and O–H groups in total. The largest absolute Gasteiger partial charge is 0.367 e. The molecule has 22 heavy (non-hydrogen) atoms. The van der Waals surface area contributed by atoms with Crippen LogP contribution in [0.15, 0.2) is 0 Å². The molecular weight excluding hydrogens is 302 g/mol. The van der Waals surface area contributed by atoms with Gasteiger partial charge in [-0.1, -0.05) is 0 Å². The molecule has 124 valence electrons. The van der Waals surface area contributed by atoms with Gasteiger partial charge in [-0.2, -0.15) is 0 Å². The van der Waals surface area contributed by atoms with E-state index in [2.05, 4.69) is 10.6 Å². The van der Waals surface area contributed by atoms with Crippen LogP contribution < -0.4 is 10.6 Å². The lowest BCUT2D eigenvalue weighted by Crippen LogP contribution is -2.51. The second-order valence-electron chi connectivity index (χ2n) is 7.07. The number of carbonyl (C=O) groups is 2. The van der Waals surface area contributed by atoms with E-state index >= 15 is 0 Å². The molecule has 1 atom stereocenters. The van der Waals surface area contributed by atoms with E-state index in [-0.39, 0.29) is 29.9 Å². The Balaban J connectivity index is 1.86. The smallest absolute Gasteiger partial charge is 0.230 e. The van der Waals surface area contributed by atoms with Gasteiger partial charge in [0.1, 0.15) is 0 Å². The summed E-state index contributed by atoms with van der Waals surface area (Å²) >= 11 is 5.11. The van der Waals surface area contributed by atoms with Crippen molar-refractivity contribution < 1.29 is 14.3 Å². The lowest BCUT2D eigenvalue weighted by molar-refractivity contribution is -0.129. The van der Waals surface area contributed by atoms with Gasteiger partial charge < -0.3 is 15.4 Å². The highest BCUT2D eigenvalue weighted by Gasteiger charge is 2.46. The molecule has 6 nitrogen and oxygen atoms in total. The van der Waals surface area contributed by atoms with Gasteiger partial charge >= 0.3 is 0 Å². The van der Waals surface area contributed by atoms with Crippen LogP contribution in [-0.4, -0.2) is 52.2 Å². The number of nitrogens with zero attached hydrogens (tertiary/aromatic N) is 1. The molecule has 2 aliphatic heterocycles. The highest BCUT2D eigenvalue weighted by molar-refractivity contribution is 7.80. The highest BCUT2D eigenvalue weighted by atomic mass is 32.1. The maximum atomic E-state index is 12.2. The van der Waals surface area contributed by atoms with Crippen LogP contribution in [0.25, 0.3) is 0 Å². The monoisotopic (exact) mass is 327 g/mol. The van der Waals surface area contributed by atoms with Crippen molar-refractivity contribution in [1.82, 2.24) is 15.5 Å². The van der Waals surface area contributed by atoms with E-state index in [1.165, 1.54) is 4.90 Å². The van der Waals surface area contributed by atoms with Crippen molar-refractivity contribution in [2.45, 2.75) is 64.2 Å². The van der Waals surface area contributed by atoms with Gasteiger partial charge in [-0.25, -0.2) is 0 Å². The fraction of sp³-hybridized carbons (Fsp3) is 0.800. The molecular formula is C15H25N3O3S. The summed E-state index contributed by atoms with van der Waals surface area (Å²) in [6.07, 6.45) is 1.42. The maximum absolute atomic E-state index is 12.2. The van der Waals surface area contributed by atoms with E-state index in [0.717, 1.165) is 6.42 Å². The van der Waals surface area contributed by atoms with Crippen molar-refractivity contribution in [2.75, 3.05) is 13.1 Å². The van der Waals surface area contributed by atoms with Gasteiger partial charge in [0, 0.05) is 25.9 Å². The average Bonchev–Trinajstić information content (AvgIpc) is 2.56. The van der Waals surface area contributed by atoms with Gasteiger partial charge in [-0.05, 0) is 46.3 Å². The second-order valence-corrected chi connectivity index (χ2v) is 7.45. The van der Waals surface area contributed by atoms with Crippen molar-refractivity contribution in [2.24, 2.45) is 0 Å². The van der Waals surface area contributed by atoms with Crippen molar-refractivity contribution in [3.8, 4) is 0 Å². The predicted molar refractivity (Wildman–Crippen MR) is 87.3 cm³/mol. The summed E-state index contributed by atoms with van der Waals surface area (Å²) in [5.74, 6) is -0.109. The normalized spacial score (nSPS) is 26.7. The van der Waals surface area contributed by atoms with E-state index in [4.69, 9.17) is 17.0 Å². The van der Waals surface area contributed by atoms with Crippen LogP contribution >= 0.6 is 12.2 Å². The topological polar surface area (TPSA) is 70.7 Å². The standard InChI is InChI=1S/C15H25N3O3S/c1-14(2)9-10(15(3,4)21-14)17-11(19)6-8-18-12(20)5-7-16-13(18)22/h10H,5-9H2,1-4H3,(H,16,22)(H,17,19)/t10-/m0/s1. The summed E-state index contributed by atoms with van der Waals surface area (Å²) in [6.45, 7) is 8.91. The van der Waals surface area contributed by atoms with Crippen LogP contribution in [0.5, 0.6) is 0 Å². The first-order chi connectivity index (χ1) is 10.1. The predicted octanol–water partition coefficient (Wildman–Crippen LogP) is 0.946. The zero-order chi connectivity index (χ0) is 16.5. The maximum Gasteiger partial charge on any atom is 0.230 e. The van der Waals surface area contributed by atoms with Crippen LogP contribution in [0.1, 0.15) is 47.0 Å². The molecule has 0 spiro atoms. The average molecular weight is 327 g/mol. The zero-order valence-electron chi connectivity index (χ0n) is 13.7. The SMILES string of the molecule is CC1(C)C[C@H](NC(=O)CCN2C(=O)CCNC2=S)C(C)(C)O1. The van der Waals surface area contributed by atoms with Crippen LogP contribution in [-0.2, 0) is 14.3 Å². The molecule has 2 rings (SSSR count). The molecule has 0 aliphatic carbocycles. The Labute approximate surface area is 136 Å². The molecule has 0 aromatic heterocycles. The van der Waals surface area contributed by atoms with E-state index < -0.39 is 5.60 Å². The quantitative estimate of drug-likeness (QED) is 0.752. The minimum absolute atomic E-state index is 0.0257. The Kier molecular flexibility index (Phi) is 4.77. The Morgan fingerprint density at radius 3 is 2.68 bits per heavy atom. The Bertz CT molecular complexity index is 474. The summed E-state index contributed by atoms with van der Waals surface area (Å²) in [5, 5.41) is 6.41. The number of thiocarbonyl (C=S) groups is 1. The third kappa shape index (κ3) is 3.95. The van der Waals surface area contributed by atoms with Crippen LogP contribution in [0, 0.1) is 0 Å². The zero-order valence-corrected chi connectivity index (χ0v) is 14.5. The Morgan fingerprint density at radius 1 is 1.45 bits per heavy atom. The number of rotatable bonds is 4. The molecule has 0 bridgehead atoms. The molecule has 0 aromatic rings. The van der Waals surface area contributed by atoms with Gasteiger partial charge in [0.25, 0.3) is 0 Å². The molecule has 7 heteroatoms. The first kappa shape index (κ1) is 17.1. The second kappa shape index (κ2) is 6.12. The van der Waals surface area contributed by atoms with Crippen LogP contribution in [0.3, 0.4) is 0 Å². The lowest BCUT2D eigenvalue weighted by atomic mass is 9.94. The van der Waals surface area contributed by atoms with E-state index in [0.29, 0.717) is 24.6 Å². The summed E-state index contributed by atoms with van der Waals surface area (Å²) in [5.41, 5.74) is -0.632. The Morgan fingerprint density at radius 2 is 2.14 bits per heavy atom. The minimum Gasteiger partial charge on any atom is -0.367 e.